The van der Waals surface area contributed by atoms with Crippen LogP contribution in [0.4, 0.5) is 11.4 Å². The van der Waals surface area contributed by atoms with Gasteiger partial charge in [0.1, 0.15) is 0 Å². The van der Waals surface area contributed by atoms with Crippen molar-refractivity contribution in [2.75, 3.05) is 23.3 Å². The Morgan fingerprint density at radius 2 is 1.91 bits per heavy atom. The van der Waals surface area contributed by atoms with Gasteiger partial charge in [-0.1, -0.05) is 43.3 Å². The highest BCUT2D eigenvalue weighted by molar-refractivity contribution is 5.91. The number of aryl methyl sites for hydroxylation is 1. The molecule has 0 radical (unpaired) electrons. The fourth-order valence-corrected chi connectivity index (χ4v) is 3.04. The van der Waals surface area contributed by atoms with Crippen LogP contribution in [0.5, 0.6) is 0 Å². The van der Waals surface area contributed by atoms with Crippen molar-refractivity contribution in [2.24, 2.45) is 0 Å². The molecule has 0 saturated heterocycles. The van der Waals surface area contributed by atoms with Gasteiger partial charge >= 0.3 is 0 Å². The summed E-state index contributed by atoms with van der Waals surface area (Å²) in [5.74, 6) is 0.0882. The number of carbonyl (C=O) groups is 1. The molecule has 3 rings (SSSR count). The number of rotatable bonds is 5. The second kappa shape index (κ2) is 6.65. The number of para-hydroxylation sites is 2. The molecule has 0 spiro atoms. The van der Waals surface area contributed by atoms with Gasteiger partial charge in [-0.2, -0.15) is 0 Å². The van der Waals surface area contributed by atoms with E-state index in [1.165, 1.54) is 16.8 Å². The van der Waals surface area contributed by atoms with E-state index in [2.05, 4.69) is 47.5 Å². The van der Waals surface area contributed by atoms with Crippen LogP contribution in [0.2, 0.25) is 0 Å². The summed E-state index contributed by atoms with van der Waals surface area (Å²) < 4.78 is 0. The molecule has 0 fully saturated rings. The predicted molar refractivity (Wildman–Crippen MR) is 91.4 cm³/mol. The van der Waals surface area contributed by atoms with Gasteiger partial charge in [0.25, 0.3) is 0 Å². The van der Waals surface area contributed by atoms with E-state index in [1.54, 1.807) is 0 Å². The van der Waals surface area contributed by atoms with Gasteiger partial charge in [-0.05, 0) is 36.1 Å². The third-order valence-electron chi connectivity index (χ3n) is 4.26. The third-order valence-corrected chi connectivity index (χ3v) is 4.26. The molecule has 0 aromatic heterocycles. The van der Waals surface area contributed by atoms with Gasteiger partial charge in [-0.15, -0.1) is 0 Å². The van der Waals surface area contributed by atoms with E-state index in [9.17, 15) is 4.79 Å². The van der Waals surface area contributed by atoms with Gasteiger partial charge in [0.2, 0.25) is 5.91 Å². The predicted octanol–water partition coefficient (Wildman–Crippen LogP) is 3.64. The number of fused-ring (bicyclic) bond motifs is 1. The van der Waals surface area contributed by atoms with Gasteiger partial charge in [-0.3, -0.25) is 4.79 Å². The van der Waals surface area contributed by atoms with E-state index >= 15 is 0 Å². The first kappa shape index (κ1) is 14.6. The van der Waals surface area contributed by atoms with Crippen molar-refractivity contribution in [3.05, 3.63) is 59.7 Å². The summed E-state index contributed by atoms with van der Waals surface area (Å²) in [5, 5.41) is 3.04. The molecule has 1 heterocycles. The number of amides is 1. The van der Waals surface area contributed by atoms with Crippen LogP contribution >= 0.6 is 0 Å². The number of benzene rings is 2. The SMILES string of the molecule is CCc1ccccc1NC(=O)CCN1CCc2ccccc21. The Hall–Kier alpha value is -2.29. The summed E-state index contributed by atoms with van der Waals surface area (Å²) in [7, 11) is 0. The lowest BCUT2D eigenvalue weighted by Gasteiger charge is -2.19. The van der Waals surface area contributed by atoms with E-state index in [1.807, 2.05) is 18.2 Å². The van der Waals surface area contributed by atoms with Crippen molar-refractivity contribution in [1.82, 2.24) is 0 Å². The van der Waals surface area contributed by atoms with Gasteiger partial charge in [0, 0.05) is 30.9 Å². The minimum Gasteiger partial charge on any atom is -0.370 e. The Kier molecular flexibility index (Phi) is 4.42. The monoisotopic (exact) mass is 294 g/mol. The van der Waals surface area contributed by atoms with Crippen LogP contribution in [0, 0.1) is 0 Å². The number of carbonyl (C=O) groups excluding carboxylic acids is 1. The molecular formula is C19H22N2O. The normalized spacial score (nSPS) is 13.0. The maximum Gasteiger partial charge on any atom is 0.226 e. The van der Waals surface area contributed by atoms with Crippen molar-refractivity contribution in [1.29, 1.82) is 0 Å². The average molecular weight is 294 g/mol. The van der Waals surface area contributed by atoms with Crippen LogP contribution in [-0.2, 0) is 17.6 Å². The Bertz CT molecular complexity index is 666. The molecule has 3 nitrogen and oxygen atoms in total. The molecule has 3 heteroatoms. The lowest BCUT2D eigenvalue weighted by atomic mass is 10.1. The molecular weight excluding hydrogens is 272 g/mol. The standard InChI is InChI=1S/C19H22N2O/c1-2-15-7-3-5-9-17(15)20-19(22)12-14-21-13-11-16-8-4-6-10-18(16)21/h3-10H,2,11-14H2,1H3,(H,20,22). The van der Waals surface area contributed by atoms with Gasteiger partial charge in [-0.25, -0.2) is 0 Å². The molecule has 114 valence electrons. The molecule has 22 heavy (non-hydrogen) atoms. The molecule has 1 aliphatic rings. The molecule has 1 amide bonds. The lowest BCUT2D eigenvalue weighted by Crippen LogP contribution is -2.26. The fourth-order valence-electron chi connectivity index (χ4n) is 3.04. The third kappa shape index (κ3) is 3.14. The first-order valence-corrected chi connectivity index (χ1v) is 7.98. The van der Waals surface area contributed by atoms with Crippen LogP contribution in [0.25, 0.3) is 0 Å². The number of hydrogen-bond donors (Lipinski definition) is 1. The molecule has 0 saturated carbocycles. The maximum absolute atomic E-state index is 12.2. The van der Waals surface area contributed by atoms with E-state index in [0.717, 1.165) is 31.6 Å². The highest BCUT2D eigenvalue weighted by Crippen LogP contribution is 2.27. The maximum atomic E-state index is 12.2. The van der Waals surface area contributed by atoms with Crippen LogP contribution in [0.15, 0.2) is 48.5 Å². The molecule has 1 aliphatic heterocycles. The van der Waals surface area contributed by atoms with Crippen LogP contribution in [0.1, 0.15) is 24.5 Å². The largest absolute Gasteiger partial charge is 0.370 e. The Balaban J connectivity index is 1.57. The minimum atomic E-state index is 0.0882. The van der Waals surface area contributed by atoms with Crippen molar-refractivity contribution in [2.45, 2.75) is 26.2 Å². The van der Waals surface area contributed by atoms with Gasteiger partial charge in [0.15, 0.2) is 0 Å². The molecule has 0 bridgehead atoms. The smallest absolute Gasteiger partial charge is 0.226 e. The quantitative estimate of drug-likeness (QED) is 0.913. The Labute approximate surface area is 132 Å². The molecule has 2 aromatic rings. The van der Waals surface area contributed by atoms with Gasteiger partial charge in [0.05, 0.1) is 0 Å². The van der Waals surface area contributed by atoms with E-state index in [0.29, 0.717) is 6.42 Å². The zero-order valence-electron chi connectivity index (χ0n) is 13.0. The number of nitrogens with zero attached hydrogens (tertiary/aromatic N) is 1. The molecule has 1 N–H and O–H groups in total. The summed E-state index contributed by atoms with van der Waals surface area (Å²) in [6, 6.07) is 16.5. The topological polar surface area (TPSA) is 32.3 Å². The zero-order valence-corrected chi connectivity index (χ0v) is 13.0. The molecule has 0 unspecified atom stereocenters. The summed E-state index contributed by atoms with van der Waals surface area (Å²) in [4.78, 5) is 14.5. The summed E-state index contributed by atoms with van der Waals surface area (Å²) in [6.07, 6.45) is 2.53. The van der Waals surface area contributed by atoms with Crippen molar-refractivity contribution < 1.29 is 4.79 Å². The highest BCUT2D eigenvalue weighted by atomic mass is 16.1. The number of anilines is 2. The summed E-state index contributed by atoms with van der Waals surface area (Å²) in [5.41, 5.74) is 4.79. The van der Waals surface area contributed by atoms with Crippen molar-refractivity contribution >= 4 is 17.3 Å². The lowest BCUT2D eigenvalue weighted by molar-refractivity contribution is -0.116. The number of nitrogens with one attached hydrogen (secondary N) is 1. The van der Waals surface area contributed by atoms with E-state index in [-0.39, 0.29) is 5.91 Å². The summed E-state index contributed by atoms with van der Waals surface area (Å²) >= 11 is 0. The summed E-state index contributed by atoms with van der Waals surface area (Å²) in [6.45, 7) is 3.89. The highest BCUT2D eigenvalue weighted by Gasteiger charge is 2.18. The first-order chi connectivity index (χ1) is 10.8. The second-order valence-corrected chi connectivity index (χ2v) is 5.67. The molecule has 0 aliphatic carbocycles. The average Bonchev–Trinajstić information content (AvgIpc) is 2.97. The fraction of sp³-hybridized carbons (Fsp3) is 0.316. The molecule has 0 atom stereocenters. The number of hydrogen-bond acceptors (Lipinski definition) is 2. The second-order valence-electron chi connectivity index (χ2n) is 5.67. The van der Waals surface area contributed by atoms with Crippen LogP contribution in [-0.4, -0.2) is 19.0 Å². The van der Waals surface area contributed by atoms with E-state index in [4.69, 9.17) is 0 Å². The minimum absolute atomic E-state index is 0.0882. The van der Waals surface area contributed by atoms with E-state index < -0.39 is 0 Å². The van der Waals surface area contributed by atoms with Crippen LogP contribution in [0.3, 0.4) is 0 Å². The van der Waals surface area contributed by atoms with Crippen molar-refractivity contribution in [3.8, 4) is 0 Å². The first-order valence-electron chi connectivity index (χ1n) is 7.98. The van der Waals surface area contributed by atoms with Gasteiger partial charge < -0.3 is 10.2 Å². The Morgan fingerprint density at radius 3 is 2.77 bits per heavy atom. The van der Waals surface area contributed by atoms with Crippen molar-refractivity contribution in [3.63, 3.8) is 0 Å². The van der Waals surface area contributed by atoms with Crippen LogP contribution < -0.4 is 10.2 Å². The Morgan fingerprint density at radius 1 is 1.14 bits per heavy atom. The molecule has 2 aromatic carbocycles. The zero-order chi connectivity index (χ0) is 15.4.